The molecule has 2 aliphatic rings. The van der Waals surface area contributed by atoms with Crippen LogP contribution in [0, 0.1) is 5.92 Å². The first-order chi connectivity index (χ1) is 11.7. The van der Waals surface area contributed by atoms with Gasteiger partial charge in [0.2, 0.25) is 11.8 Å². The van der Waals surface area contributed by atoms with E-state index in [1.807, 2.05) is 27.2 Å². The maximum Gasteiger partial charge on any atom is 0.227 e. The molecule has 0 aromatic carbocycles. The fourth-order valence-corrected chi connectivity index (χ4v) is 4.04. The quantitative estimate of drug-likeness (QED) is 0.909. The lowest BCUT2D eigenvalue weighted by atomic mass is 10.0. The second-order valence-electron chi connectivity index (χ2n) is 6.36. The molecule has 2 fully saturated rings. The second kappa shape index (κ2) is 6.35. The van der Waals surface area contributed by atoms with Crippen molar-refractivity contribution in [3.05, 3.63) is 23.0 Å². The number of likely N-dealkylation sites (tertiary alicyclic amines) is 1. The highest BCUT2D eigenvalue weighted by Gasteiger charge is 2.33. The summed E-state index contributed by atoms with van der Waals surface area (Å²) in [6.45, 7) is 1.90. The highest BCUT2D eigenvalue weighted by molar-refractivity contribution is 7.08. The predicted molar refractivity (Wildman–Crippen MR) is 89.3 cm³/mol. The maximum absolute atomic E-state index is 12.4. The third kappa shape index (κ3) is 2.93. The molecular formula is C16H19N5O2S. The second-order valence-corrected chi connectivity index (χ2v) is 7.14. The Morgan fingerprint density at radius 2 is 2.17 bits per heavy atom. The van der Waals surface area contributed by atoms with Crippen LogP contribution in [0.4, 0.5) is 0 Å². The lowest BCUT2D eigenvalue weighted by molar-refractivity contribution is -0.137. The number of amides is 2. The number of nitrogens with zero attached hydrogens (tertiary/aromatic N) is 4. The van der Waals surface area contributed by atoms with Crippen LogP contribution >= 0.6 is 11.3 Å². The van der Waals surface area contributed by atoms with Crippen LogP contribution in [0.5, 0.6) is 0 Å². The van der Waals surface area contributed by atoms with Gasteiger partial charge in [-0.2, -0.15) is 11.3 Å². The van der Waals surface area contributed by atoms with Crippen LogP contribution < -0.4 is 5.32 Å². The molecular weight excluding hydrogens is 326 g/mol. The zero-order valence-electron chi connectivity index (χ0n) is 13.2. The summed E-state index contributed by atoms with van der Waals surface area (Å²) < 4.78 is 1.93. The molecule has 8 heteroatoms. The van der Waals surface area contributed by atoms with E-state index >= 15 is 0 Å². The monoisotopic (exact) mass is 345 g/mol. The van der Waals surface area contributed by atoms with Gasteiger partial charge in [0.15, 0.2) is 0 Å². The van der Waals surface area contributed by atoms with Crippen LogP contribution in [0.1, 0.15) is 25.3 Å². The Balaban J connectivity index is 1.36. The van der Waals surface area contributed by atoms with Crippen molar-refractivity contribution in [1.82, 2.24) is 25.2 Å². The number of thiophene rings is 1. The first-order valence-corrected chi connectivity index (χ1v) is 9.15. The van der Waals surface area contributed by atoms with Gasteiger partial charge < -0.3 is 10.2 Å². The molecule has 0 saturated carbocycles. The number of rotatable bonds is 3. The molecule has 0 bridgehead atoms. The molecule has 4 heterocycles. The van der Waals surface area contributed by atoms with Crippen molar-refractivity contribution < 1.29 is 9.59 Å². The smallest absolute Gasteiger partial charge is 0.227 e. The Labute approximate surface area is 143 Å². The van der Waals surface area contributed by atoms with E-state index in [0.717, 1.165) is 24.1 Å². The van der Waals surface area contributed by atoms with Crippen LogP contribution in [-0.4, -0.2) is 51.3 Å². The largest absolute Gasteiger partial charge is 0.355 e. The van der Waals surface area contributed by atoms with E-state index in [9.17, 15) is 9.59 Å². The molecule has 1 atom stereocenters. The number of aromatic nitrogens is 3. The molecule has 4 rings (SSSR count). The Kier molecular flexibility index (Phi) is 4.05. The Bertz CT molecular complexity index is 733. The van der Waals surface area contributed by atoms with Gasteiger partial charge in [0.25, 0.3) is 0 Å². The molecule has 0 aliphatic carbocycles. The van der Waals surface area contributed by atoms with E-state index < -0.39 is 0 Å². The van der Waals surface area contributed by atoms with Crippen molar-refractivity contribution in [3.63, 3.8) is 0 Å². The number of hydrogen-bond donors (Lipinski definition) is 1. The molecule has 2 aliphatic heterocycles. The zero-order chi connectivity index (χ0) is 16.5. The molecule has 2 amide bonds. The first-order valence-electron chi connectivity index (χ1n) is 8.20. The summed E-state index contributed by atoms with van der Waals surface area (Å²) in [5.41, 5.74) is 1.99. The molecule has 2 saturated heterocycles. The van der Waals surface area contributed by atoms with Gasteiger partial charge in [-0.05, 0) is 24.3 Å². The van der Waals surface area contributed by atoms with Gasteiger partial charge in [-0.15, -0.1) is 5.10 Å². The Hall–Kier alpha value is -2.22. The molecule has 1 unspecified atom stereocenters. The van der Waals surface area contributed by atoms with Gasteiger partial charge in [0, 0.05) is 37.0 Å². The van der Waals surface area contributed by atoms with Crippen molar-refractivity contribution in [2.24, 2.45) is 5.92 Å². The van der Waals surface area contributed by atoms with Crippen LogP contribution in [0.15, 0.2) is 23.0 Å². The van der Waals surface area contributed by atoms with E-state index in [-0.39, 0.29) is 23.8 Å². The standard InChI is InChI=1S/C16H19N5O2S/c22-15-7-12(8-17-15)16(23)20-4-1-13(2-5-20)21-9-14(18-19-21)11-3-6-24-10-11/h3,6,9-10,12-13H,1-2,4-5,7-8H2,(H,17,22). The minimum absolute atomic E-state index is 0.0215. The lowest BCUT2D eigenvalue weighted by Crippen LogP contribution is -2.42. The van der Waals surface area contributed by atoms with Crippen LogP contribution in [0.25, 0.3) is 11.3 Å². The molecule has 2 aromatic rings. The van der Waals surface area contributed by atoms with Crippen molar-refractivity contribution in [2.75, 3.05) is 19.6 Å². The van der Waals surface area contributed by atoms with Gasteiger partial charge in [-0.1, -0.05) is 5.21 Å². The fourth-order valence-electron chi connectivity index (χ4n) is 3.39. The van der Waals surface area contributed by atoms with Crippen molar-refractivity contribution in [3.8, 4) is 11.3 Å². The average Bonchev–Trinajstić information content (AvgIpc) is 3.35. The van der Waals surface area contributed by atoms with E-state index in [1.54, 1.807) is 11.3 Å². The van der Waals surface area contributed by atoms with Crippen molar-refractivity contribution >= 4 is 23.2 Å². The number of piperidine rings is 1. The van der Waals surface area contributed by atoms with Crippen molar-refractivity contribution in [1.29, 1.82) is 0 Å². The first kappa shape index (κ1) is 15.3. The van der Waals surface area contributed by atoms with Crippen LogP contribution in [0.2, 0.25) is 0 Å². The van der Waals surface area contributed by atoms with Gasteiger partial charge in [0.05, 0.1) is 18.2 Å². The minimum atomic E-state index is -0.189. The molecule has 2 aromatic heterocycles. The third-order valence-electron chi connectivity index (χ3n) is 4.80. The highest BCUT2D eigenvalue weighted by atomic mass is 32.1. The summed E-state index contributed by atoms with van der Waals surface area (Å²) in [6.07, 6.45) is 4.05. The maximum atomic E-state index is 12.4. The van der Waals surface area contributed by atoms with E-state index in [4.69, 9.17) is 0 Å². The number of nitrogens with one attached hydrogen (secondary N) is 1. The highest BCUT2D eigenvalue weighted by Crippen LogP contribution is 2.26. The molecule has 1 N–H and O–H groups in total. The van der Waals surface area contributed by atoms with Gasteiger partial charge in [-0.3, -0.25) is 9.59 Å². The topological polar surface area (TPSA) is 80.1 Å². The van der Waals surface area contributed by atoms with Gasteiger partial charge >= 0.3 is 0 Å². The summed E-state index contributed by atoms with van der Waals surface area (Å²) in [5.74, 6) is -0.109. The summed E-state index contributed by atoms with van der Waals surface area (Å²) in [4.78, 5) is 25.6. The molecule has 0 spiro atoms. The van der Waals surface area contributed by atoms with Gasteiger partial charge in [-0.25, -0.2) is 4.68 Å². The minimum Gasteiger partial charge on any atom is -0.355 e. The predicted octanol–water partition coefficient (Wildman–Crippen LogP) is 1.31. The Morgan fingerprint density at radius 3 is 2.83 bits per heavy atom. The molecule has 24 heavy (non-hydrogen) atoms. The molecule has 0 radical (unpaired) electrons. The van der Waals surface area contributed by atoms with Crippen LogP contribution in [-0.2, 0) is 9.59 Å². The SMILES string of the molecule is O=C1CC(C(=O)N2CCC(n3cc(-c4ccsc4)nn3)CC2)CN1. The summed E-state index contributed by atoms with van der Waals surface area (Å²) >= 11 is 1.64. The number of carbonyl (C=O) groups is 2. The molecule has 7 nitrogen and oxygen atoms in total. The lowest BCUT2D eigenvalue weighted by Gasteiger charge is -2.33. The van der Waals surface area contributed by atoms with Gasteiger partial charge in [0.1, 0.15) is 5.69 Å². The number of carbonyl (C=O) groups excluding carboxylic acids is 2. The zero-order valence-corrected chi connectivity index (χ0v) is 14.0. The fraction of sp³-hybridized carbons (Fsp3) is 0.500. The summed E-state index contributed by atoms with van der Waals surface area (Å²) in [6, 6.07) is 2.31. The van der Waals surface area contributed by atoms with E-state index in [0.29, 0.717) is 26.1 Å². The average molecular weight is 345 g/mol. The van der Waals surface area contributed by atoms with E-state index in [1.165, 1.54) is 0 Å². The number of hydrogen-bond acceptors (Lipinski definition) is 5. The third-order valence-corrected chi connectivity index (χ3v) is 5.49. The summed E-state index contributed by atoms with van der Waals surface area (Å²) in [5, 5.41) is 15.3. The summed E-state index contributed by atoms with van der Waals surface area (Å²) in [7, 11) is 0. The van der Waals surface area contributed by atoms with Crippen LogP contribution in [0.3, 0.4) is 0 Å². The Morgan fingerprint density at radius 1 is 1.33 bits per heavy atom. The van der Waals surface area contributed by atoms with E-state index in [2.05, 4.69) is 21.0 Å². The molecule has 126 valence electrons. The van der Waals surface area contributed by atoms with Crippen molar-refractivity contribution in [2.45, 2.75) is 25.3 Å². The normalized spacial score (nSPS) is 21.9.